The number of carbonyl (C=O) groups excluding carboxylic acids is 1. The van der Waals surface area contributed by atoms with Crippen molar-refractivity contribution in [2.75, 3.05) is 33.9 Å². The van der Waals surface area contributed by atoms with Crippen LogP contribution in [0.1, 0.15) is 28.8 Å². The number of nitrogens with one attached hydrogen (secondary N) is 1. The SMILES string of the molecule is COc1cccc(C(=O)NCC2CCN(Cc3ccsc3)CC2)c1OC. The van der Waals surface area contributed by atoms with Gasteiger partial charge in [-0.15, -0.1) is 0 Å². The number of hydrogen-bond donors (Lipinski definition) is 1. The second-order valence-corrected chi connectivity index (χ2v) is 7.38. The molecule has 3 rings (SSSR count). The molecule has 0 aliphatic carbocycles. The molecule has 1 fully saturated rings. The highest BCUT2D eigenvalue weighted by atomic mass is 32.1. The van der Waals surface area contributed by atoms with E-state index < -0.39 is 0 Å². The van der Waals surface area contributed by atoms with E-state index in [1.54, 1.807) is 43.8 Å². The van der Waals surface area contributed by atoms with Crippen molar-refractivity contribution in [3.8, 4) is 11.5 Å². The summed E-state index contributed by atoms with van der Waals surface area (Å²) in [6.07, 6.45) is 2.22. The number of piperidine rings is 1. The maximum absolute atomic E-state index is 12.6. The summed E-state index contributed by atoms with van der Waals surface area (Å²) in [5.41, 5.74) is 1.91. The van der Waals surface area contributed by atoms with E-state index in [2.05, 4.69) is 27.0 Å². The molecule has 2 heterocycles. The number of likely N-dealkylation sites (tertiary alicyclic amines) is 1. The lowest BCUT2D eigenvalue weighted by Crippen LogP contribution is -2.38. The molecule has 6 heteroatoms. The minimum atomic E-state index is -0.110. The highest BCUT2D eigenvalue weighted by Crippen LogP contribution is 2.30. The van der Waals surface area contributed by atoms with Gasteiger partial charge in [0.2, 0.25) is 0 Å². The van der Waals surface area contributed by atoms with Gasteiger partial charge >= 0.3 is 0 Å². The fourth-order valence-electron chi connectivity index (χ4n) is 3.39. The van der Waals surface area contributed by atoms with E-state index in [9.17, 15) is 4.79 Å². The first kappa shape index (κ1) is 18.7. The van der Waals surface area contributed by atoms with Crippen molar-refractivity contribution in [3.05, 3.63) is 46.2 Å². The Bertz CT molecular complexity index is 710. The predicted octanol–water partition coefficient (Wildman–Crippen LogP) is 3.41. The Morgan fingerprint density at radius 3 is 2.69 bits per heavy atom. The van der Waals surface area contributed by atoms with Crippen LogP contribution in [-0.2, 0) is 6.54 Å². The fourth-order valence-corrected chi connectivity index (χ4v) is 4.05. The van der Waals surface area contributed by atoms with Crippen molar-refractivity contribution in [3.63, 3.8) is 0 Å². The number of rotatable bonds is 7. The number of carbonyl (C=O) groups is 1. The molecule has 1 aromatic heterocycles. The lowest BCUT2D eigenvalue weighted by molar-refractivity contribution is 0.0931. The number of ether oxygens (including phenoxy) is 2. The molecule has 1 N–H and O–H groups in total. The Balaban J connectivity index is 1.48. The topological polar surface area (TPSA) is 50.8 Å². The average molecular weight is 375 g/mol. The van der Waals surface area contributed by atoms with Crippen molar-refractivity contribution >= 4 is 17.2 Å². The first-order valence-corrected chi connectivity index (χ1v) is 9.88. The van der Waals surface area contributed by atoms with Crippen LogP contribution < -0.4 is 14.8 Å². The Labute approximate surface area is 158 Å². The van der Waals surface area contributed by atoms with Crippen LogP contribution in [0, 0.1) is 5.92 Å². The molecule has 0 unspecified atom stereocenters. The molecule has 1 aliphatic heterocycles. The monoisotopic (exact) mass is 374 g/mol. The summed E-state index contributed by atoms with van der Waals surface area (Å²) in [6, 6.07) is 7.55. The standard InChI is InChI=1S/C20H26N2O3S/c1-24-18-5-3-4-17(19(18)25-2)20(23)21-12-15-6-9-22(10-7-15)13-16-8-11-26-14-16/h3-5,8,11,14-15H,6-7,9-10,12-13H2,1-2H3,(H,21,23). The molecule has 140 valence electrons. The van der Waals surface area contributed by atoms with Crippen molar-refractivity contribution in [2.24, 2.45) is 5.92 Å². The van der Waals surface area contributed by atoms with Gasteiger partial charge in [0.15, 0.2) is 11.5 Å². The van der Waals surface area contributed by atoms with Gasteiger partial charge in [0.25, 0.3) is 5.91 Å². The predicted molar refractivity (Wildman–Crippen MR) is 104 cm³/mol. The van der Waals surface area contributed by atoms with Crippen LogP contribution in [-0.4, -0.2) is 44.7 Å². The molecular weight excluding hydrogens is 348 g/mol. The van der Waals surface area contributed by atoms with Crippen molar-refractivity contribution in [2.45, 2.75) is 19.4 Å². The number of nitrogens with zero attached hydrogens (tertiary/aromatic N) is 1. The van der Waals surface area contributed by atoms with Gasteiger partial charge < -0.3 is 14.8 Å². The summed E-state index contributed by atoms with van der Waals surface area (Å²) in [5.74, 6) is 1.47. The van der Waals surface area contributed by atoms with Crippen molar-refractivity contribution in [1.29, 1.82) is 0 Å². The van der Waals surface area contributed by atoms with Gasteiger partial charge in [-0.2, -0.15) is 11.3 Å². The number of thiophene rings is 1. The number of amides is 1. The van der Waals surface area contributed by atoms with Gasteiger partial charge in [-0.1, -0.05) is 6.07 Å². The zero-order valence-electron chi connectivity index (χ0n) is 15.4. The van der Waals surface area contributed by atoms with E-state index in [1.165, 1.54) is 5.56 Å². The van der Waals surface area contributed by atoms with Crippen LogP contribution in [0.15, 0.2) is 35.0 Å². The Morgan fingerprint density at radius 1 is 1.23 bits per heavy atom. The zero-order chi connectivity index (χ0) is 18.4. The summed E-state index contributed by atoms with van der Waals surface area (Å²) >= 11 is 1.75. The summed E-state index contributed by atoms with van der Waals surface area (Å²) in [5, 5.41) is 7.41. The number of benzene rings is 1. The van der Waals surface area contributed by atoms with E-state index in [-0.39, 0.29) is 5.91 Å². The molecular formula is C20H26N2O3S. The van der Waals surface area contributed by atoms with E-state index in [1.807, 2.05) is 0 Å². The van der Waals surface area contributed by atoms with E-state index in [0.717, 1.165) is 32.5 Å². The van der Waals surface area contributed by atoms with Gasteiger partial charge in [-0.05, 0) is 66.4 Å². The molecule has 0 spiro atoms. The first-order valence-electron chi connectivity index (χ1n) is 8.94. The molecule has 5 nitrogen and oxygen atoms in total. The van der Waals surface area contributed by atoms with Crippen LogP contribution >= 0.6 is 11.3 Å². The van der Waals surface area contributed by atoms with E-state index in [0.29, 0.717) is 29.5 Å². The molecule has 26 heavy (non-hydrogen) atoms. The number of hydrogen-bond acceptors (Lipinski definition) is 5. The average Bonchev–Trinajstić information content (AvgIpc) is 3.19. The first-order chi connectivity index (χ1) is 12.7. The molecule has 1 saturated heterocycles. The number of methoxy groups -OCH3 is 2. The molecule has 2 aromatic rings. The van der Waals surface area contributed by atoms with Crippen LogP contribution in [0.5, 0.6) is 11.5 Å². The van der Waals surface area contributed by atoms with Crippen molar-refractivity contribution in [1.82, 2.24) is 10.2 Å². The Kier molecular flexibility index (Phi) is 6.52. The van der Waals surface area contributed by atoms with Gasteiger partial charge in [0.1, 0.15) is 0 Å². The molecule has 0 atom stereocenters. The molecule has 1 aromatic carbocycles. The third kappa shape index (κ3) is 4.56. The Hall–Kier alpha value is -2.05. The summed E-state index contributed by atoms with van der Waals surface area (Å²) in [4.78, 5) is 15.0. The summed E-state index contributed by atoms with van der Waals surface area (Å²) in [6.45, 7) is 3.90. The highest BCUT2D eigenvalue weighted by Gasteiger charge is 2.21. The maximum atomic E-state index is 12.6. The minimum absolute atomic E-state index is 0.110. The Morgan fingerprint density at radius 2 is 2.04 bits per heavy atom. The number of para-hydroxylation sites is 1. The second kappa shape index (κ2) is 9.05. The van der Waals surface area contributed by atoms with E-state index in [4.69, 9.17) is 9.47 Å². The van der Waals surface area contributed by atoms with Gasteiger partial charge in [-0.3, -0.25) is 9.69 Å². The molecule has 1 amide bonds. The van der Waals surface area contributed by atoms with Crippen LogP contribution in [0.2, 0.25) is 0 Å². The molecule has 0 saturated carbocycles. The maximum Gasteiger partial charge on any atom is 0.255 e. The van der Waals surface area contributed by atoms with Gasteiger partial charge in [0.05, 0.1) is 19.8 Å². The lowest BCUT2D eigenvalue weighted by Gasteiger charge is -2.31. The molecule has 0 radical (unpaired) electrons. The smallest absolute Gasteiger partial charge is 0.255 e. The fraction of sp³-hybridized carbons (Fsp3) is 0.450. The quantitative estimate of drug-likeness (QED) is 0.807. The zero-order valence-corrected chi connectivity index (χ0v) is 16.2. The van der Waals surface area contributed by atoms with Crippen molar-refractivity contribution < 1.29 is 14.3 Å². The van der Waals surface area contributed by atoms with Gasteiger partial charge in [0, 0.05) is 13.1 Å². The minimum Gasteiger partial charge on any atom is -0.493 e. The van der Waals surface area contributed by atoms with Crippen LogP contribution in [0.25, 0.3) is 0 Å². The highest BCUT2D eigenvalue weighted by molar-refractivity contribution is 7.07. The van der Waals surface area contributed by atoms with Gasteiger partial charge in [-0.25, -0.2) is 0 Å². The largest absolute Gasteiger partial charge is 0.493 e. The molecule has 0 bridgehead atoms. The summed E-state index contributed by atoms with van der Waals surface area (Å²) < 4.78 is 10.6. The van der Waals surface area contributed by atoms with Crippen LogP contribution in [0.4, 0.5) is 0 Å². The third-order valence-electron chi connectivity index (χ3n) is 4.89. The lowest BCUT2D eigenvalue weighted by atomic mass is 9.96. The van der Waals surface area contributed by atoms with E-state index >= 15 is 0 Å². The summed E-state index contributed by atoms with van der Waals surface area (Å²) in [7, 11) is 3.13. The normalized spacial score (nSPS) is 15.6. The molecule has 1 aliphatic rings. The third-order valence-corrected chi connectivity index (χ3v) is 5.62. The second-order valence-electron chi connectivity index (χ2n) is 6.60. The van der Waals surface area contributed by atoms with Crippen LogP contribution in [0.3, 0.4) is 0 Å².